The summed E-state index contributed by atoms with van der Waals surface area (Å²) >= 11 is 0. The molecule has 416 valence electrons. The first kappa shape index (κ1) is 68.6. The molecule has 1 amide bonds. The maximum atomic E-state index is 12.5. The third kappa shape index (κ3) is 55.9. The number of rotatable bonds is 60. The topological polar surface area (TPSA) is 95.9 Å². The second-order valence-corrected chi connectivity index (χ2v) is 22.1. The Hall–Kier alpha value is -1.40. The Morgan fingerprint density at radius 2 is 0.671 bits per heavy atom. The summed E-state index contributed by atoms with van der Waals surface area (Å²) in [7, 11) is 0. The van der Waals surface area contributed by atoms with E-state index >= 15 is 0 Å². The highest BCUT2D eigenvalue weighted by Gasteiger charge is 2.20. The minimum absolute atomic E-state index is 0.0153. The van der Waals surface area contributed by atoms with Crippen LogP contribution in [-0.2, 0) is 14.3 Å². The lowest BCUT2D eigenvalue weighted by Crippen LogP contribution is -2.45. The fourth-order valence-electron chi connectivity index (χ4n) is 10.2. The van der Waals surface area contributed by atoms with Crippen LogP contribution < -0.4 is 5.32 Å². The smallest absolute Gasteiger partial charge is 0.305 e. The van der Waals surface area contributed by atoms with Gasteiger partial charge >= 0.3 is 5.97 Å². The number of esters is 1. The lowest BCUT2D eigenvalue weighted by atomic mass is 10.0. The number of hydrogen-bond acceptors (Lipinski definition) is 5. The van der Waals surface area contributed by atoms with Crippen molar-refractivity contribution in [3.05, 3.63) is 12.2 Å². The Morgan fingerprint density at radius 3 is 1.01 bits per heavy atom. The van der Waals surface area contributed by atoms with E-state index in [2.05, 4.69) is 31.3 Å². The molecule has 0 aromatic heterocycles. The van der Waals surface area contributed by atoms with E-state index in [1.54, 1.807) is 0 Å². The summed E-state index contributed by atoms with van der Waals surface area (Å²) < 4.78 is 5.48. The molecule has 6 nitrogen and oxygen atoms in total. The first-order chi connectivity index (χ1) is 34.5. The van der Waals surface area contributed by atoms with Crippen LogP contribution in [0.15, 0.2) is 12.2 Å². The number of aliphatic hydroxyl groups excluding tert-OH is 2. The number of nitrogens with one attached hydrogen (secondary N) is 1. The lowest BCUT2D eigenvalue weighted by molar-refractivity contribution is -0.143. The van der Waals surface area contributed by atoms with Crippen molar-refractivity contribution in [1.82, 2.24) is 5.32 Å². The Bertz CT molecular complexity index is 1050. The Balaban J connectivity index is 3.44. The van der Waals surface area contributed by atoms with Crippen LogP contribution in [0.1, 0.15) is 361 Å². The van der Waals surface area contributed by atoms with Gasteiger partial charge in [-0.2, -0.15) is 0 Å². The predicted molar refractivity (Wildman–Crippen MR) is 306 cm³/mol. The molecule has 0 fully saturated rings. The van der Waals surface area contributed by atoms with Gasteiger partial charge in [-0.1, -0.05) is 309 Å². The molecule has 0 saturated carbocycles. The van der Waals surface area contributed by atoms with Crippen molar-refractivity contribution in [1.29, 1.82) is 0 Å². The van der Waals surface area contributed by atoms with Crippen LogP contribution in [0, 0.1) is 0 Å². The van der Waals surface area contributed by atoms with Gasteiger partial charge in [-0.25, -0.2) is 0 Å². The van der Waals surface area contributed by atoms with Crippen molar-refractivity contribution in [2.75, 3.05) is 13.2 Å². The maximum Gasteiger partial charge on any atom is 0.305 e. The summed E-state index contributed by atoms with van der Waals surface area (Å²) in [4.78, 5) is 24.6. The average Bonchev–Trinajstić information content (AvgIpc) is 3.36. The molecule has 0 saturated heterocycles. The number of hydrogen-bond donors (Lipinski definition) is 3. The second-order valence-electron chi connectivity index (χ2n) is 22.1. The van der Waals surface area contributed by atoms with Gasteiger partial charge in [0.2, 0.25) is 5.91 Å². The van der Waals surface area contributed by atoms with Crippen molar-refractivity contribution >= 4 is 11.9 Å². The van der Waals surface area contributed by atoms with Gasteiger partial charge in [0.15, 0.2) is 0 Å². The van der Waals surface area contributed by atoms with Crippen molar-refractivity contribution < 1.29 is 24.5 Å². The van der Waals surface area contributed by atoms with Crippen LogP contribution >= 0.6 is 0 Å². The number of carbonyl (C=O) groups excluding carboxylic acids is 2. The Labute approximate surface area is 438 Å². The molecule has 0 aliphatic rings. The van der Waals surface area contributed by atoms with Gasteiger partial charge in [-0.3, -0.25) is 9.59 Å². The molecule has 6 heteroatoms. The molecule has 0 rings (SSSR count). The summed E-state index contributed by atoms with van der Waals surface area (Å²) in [6, 6.07) is -0.557. The van der Waals surface area contributed by atoms with Crippen LogP contribution in [-0.4, -0.2) is 47.4 Å². The van der Waals surface area contributed by atoms with Crippen molar-refractivity contribution in [3.8, 4) is 0 Å². The standard InChI is InChI=1S/C64H125NO5/c1-3-5-7-9-11-13-15-17-19-21-22-23-24-25-26-27-28-30-31-33-36-40-44-48-52-56-62(67)61(60-66)65-63(68)57-53-49-45-41-37-35-39-43-47-51-55-59-70-64(69)58-54-50-46-42-38-34-32-29-20-18-16-14-12-10-8-6-4-2/h18,20,61-62,66-67H,3-17,19,21-60H2,1-2H3,(H,65,68)/b20-18-. The summed E-state index contributed by atoms with van der Waals surface area (Å²) in [5.41, 5.74) is 0. The molecule has 2 unspecified atom stereocenters. The first-order valence-corrected chi connectivity index (χ1v) is 31.9. The van der Waals surface area contributed by atoms with E-state index in [1.807, 2.05) is 0 Å². The first-order valence-electron chi connectivity index (χ1n) is 31.9. The van der Waals surface area contributed by atoms with Crippen molar-refractivity contribution in [2.24, 2.45) is 0 Å². The molecule has 0 spiro atoms. The van der Waals surface area contributed by atoms with E-state index in [1.165, 1.54) is 270 Å². The second kappa shape index (κ2) is 60.2. The van der Waals surface area contributed by atoms with Gasteiger partial charge < -0.3 is 20.3 Å². The molecule has 70 heavy (non-hydrogen) atoms. The third-order valence-electron chi connectivity index (χ3n) is 15.1. The molecule has 0 aliphatic heterocycles. The number of unbranched alkanes of at least 4 members (excludes halogenated alkanes) is 47. The molecule has 0 aromatic rings. The van der Waals surface area contributed by atoms with Gasteiger partial charge in [-0.15, -0.1) is 0 Å². The Kier molecular flexibility index (Phi) is 59.0. The molecule has 0 heterocycles. The highest BCUT2D eigenvalue weighted by molar-refractivity contribution is 5.76. The molecule has 0 bridgehead atoms. The van der Waals surface area contributed by atoms with Crippen LogP contribution in [0.3, 0.4) is 0 Å². The van der Waals surface area contributed by atoms with Crippen LogP contribution in [0.2, 0.25) is 0 Å². The zero-order chi connectivity index (χ0) is 50.7. The number of aliphatic hydroxyl groups is 2. The fourth-order valence-corrected chi connectivity index (χ4v) is 10.2. The molecular weight excluding hydrogens is 863 g/mol. The summed E-state index contributed by atoms with van der Waals surface area (Å²) in [5, 5.41) is 23.4. The summed E-state index contributed by atoms with van der Waals surface area (Å²) in [5.74, 6) is -0.0646. The predicted octanol–water partition coefficient (Wildman–Crippen LogP) is 20.0. The number of ether oxygens (including phenoxy) is 1. The average molecular weight is 989 g/mol. The summed E-state index contributed by atoms with van der Waals surface area (Å²) in [6.45, 7) is 4.94. The van der Waals surface area contributed by atoms with Gasteiger partial charge in [0, 0.05) is 12.8 Å². The van der Waals surface area contributed by atoms with Crippen molar-refractivity contribution in [3.63, 3.8) is 0 Å². The van der Waals surface area contributed by atoms with Crippen molar-refractivity contribution in [2.45, 2.75) is 373 Å². The zero-order valence-electron chi connectivity index (χ0n) is 47.5. The van der Waals surface area contributed by atoms with E-state index < -0.39 is 12.1 Å². The quantitative estimate of drug-likeness (QED) is 0.0321. The molecule has 0 radical (unpaired) electrons. The van der Waals surface area contributed by atoms with E-state index in [0.29, 0.717) is 25.9 Å². The van der Waals surface area contributed by atoms with Crippen LogP contribution in [0.4, 0.5) is 0 Å². The van der Waals surface area contributed by atoms with Crippen LogP contribution in [0.25, 0.3) is 0 Å². The van der Waals surface area contributed by atoms with E-state index in [-0.39, 0.29) is 18.5 Å². The largest absolute Gasteiger partial charge is 0.466 e. The molecule has 0 aromatic carbocycles. The summed E-state index contributed by atoms with van der Waals surface area (Å²) in [6.07, 6.45) is 72.2. The highest BCUT2D eigenvalue weighted by Crippen LogP contribution is 2.18. The molecular formula is C64H125NO5. The highest BCUT2D eigenvalue weighted by atomic mass is 16.5. The monoisotopic (exact) mass is 988 g/mol. The fraction of sp³-hybridized carbons (Fsp3) is 0.938. The SMILES string of the molecule is CCCCCCCC/C=C\CCCCCCCCCC(=O)OCCCCCCCCCCCCCC(=O)NC(CO)C(O)CCCCCCCCCCCCCCCCCCCCCCCCCCC. The minimum Gasteiger partial charge on any atom is -0.466 e. The third-order valence-corrected chi connectivity index (χ3v) is 15.1. The van der Waals surface area contributed by atoms with E-state index in [0.717, 1.165) is 57.8 Å². The molecule has 2 atom stereocenters. The van der Waals surface area contributed by atoms with Crippen LogP contribution in [0.5, 0.6) is 0 Å². The number of amides is 1. The Morgan fingerprint density at radius 1 is 0.386 bits per heavy atom. The van der Waals surface area contributed by atoms with Gasteiger partial charge in [0.05, 0.1) is 25.4 Å². The maximum absolute atomic E-state index is 12.5. The minimum atomic E-state index is -0.678. The molecule has 0 aliphatic carbocycles. The lowest BCUT2D eigenvalue weighted by Gasteiger charge is -2.22. The molecule has 3 N–H and O–H groups in total. The van der Waals surface area contributed by atoms with E-state index in [9.17, 15) is 19.8 Å². The van der Waals surface area contributed by atoms with Gasteiger partial charge in [-0.05, 0) is 51.4 Å². The zero-order valence-corrected chi connectivity index (χ0v) is 47.5. The van der Waals surface area contributed by atoms with Gasteiger partial charge in [0.1, 0.15) is 0 Å². The number of carbonyl (C=O) groups is 2. The van der Waals surface area contributed by atoms with Gasteiger partial charge in [0.25, 0.3) is 0 Å². The number of allylic oxidation sites excluding steroid dienone is 2. The van der Waals surface area contributed by atoms with E-state index in [4.69, 9.17) is 4.74 Å². The normalized spacial score (nSPS) is 12.6.